The van der Waals surface area contributed by atoms with Gasteiger partial charge in [-0.15, -0.1) is 0 Å². The van der Waals surface area contributed by atoms with Gasteiger partial charge in [-0.1, -0.05) is 12.1 Å². The molecule has 0 aliphatic carbocycles. The van der Waals surface area contributed by atoms with Crippen LogP contribution >= 0.6 is 0 Å². The van der Waals surface area contributed by atoms with Crippen molar-refractivity contribution in [2.24, 2.45) is 0 Å². The Balaban J connectivity index is 1.72. The van der Waals surface area contributed by atoms with E-state index < -0.39 is 5.97 Å². The molecular formula is C22H26N2O5. The Morgan fingerprint density at radius 3 is 2.59 bits per heavy atom. The summed E-state index contributed by atoms with van der Waals surface area (Å²) in [6.45, 7) is 6.50. The van der Waals surface area contributed by atoms with E-state index in [1.54, 1.807) is 12.1 Å². The van der Waals surface area contributed by atoms with E-state index in [-0.39, 0.29) is 12.5 Å². The molecule has 154 valence electrons. The molecule has 7 heteroatoms. The predicted molar refractivity (Wildman–Crippen MR) is 111 cm³/mol. The SMILES string of the molecule is COC(=O)c1cc(N2CCOCC2)ccc1NC(=O)COc1cc(C)ccc1C. The average Bonchev–Trinajstić information content (AvgIpc) is 2.74. The van der Waals surface area contributed by atoms with E-state index in [0.717, 1.165) is 29.9 Å². The van der Waals surface area contributed by atoms with Crippen LogP contribution in [-0.4, -0.2) is 51.9 Å². The van der Waals surface area contributed by atoms with Crippen LogP contribution in [0, 0.1) is 13.8 Å². The lowest BCUT2D eigenvalue weighted by molar-refractivity contribution is -0.118. The van der Waals surface area contributed by atoms with Gasteiger partial charge < -0.3 is 24.4 Å². The molecule has 0 unspecified atom stereocenters. The number of nitrogens with one attached hydrogen (secondary N) is 1. The van der Waals surface area contributed by atoms with Crippen LogP contribution in [-0.2, 0) is 14.3 Å². The zero-order valence-corrected chi connectivity index (χ0v) is 17.0. The number of carbonyl (C=O) groups excluding carboxylic acids is 2. The second-order valence-corrected chi connectivity index (χ2v) is 6.93. The van der Waals surface area contributed by atoms with Crippen LogP contribution in [0.5, 0.6) is 5.75 Å². The van der Waals surface area contributed by atoms with Gasteiger partial charge in [0, 0.05) is 18.8 Å². The third-order valence-corrected chi connectivity index (χ3v) is 4.76. The first-order valence-corrected chi connectivity index (χ1v) is 9.53. The lowest BCUT2D eigenvalue weighted by Gasteiger charge is -2.29. The van der Waals surface area contributed by atoms with Gasteiger partial charge in [0.25, 0.3) is 5.91 Å². The Hall–Kier alpha value is -3.06. The standard InChI is InChI=1S/C22H26N2O5/c1-15-4-5-16(2)20(12-15)29-14-21(25)23-19-7-6-17(13-18(19)22(26)27-3)24-8-10-28-11-9-24/h4-7,12-13H,8-11,14H2,1-3H3,(H,23,25). The number of carbonyl (C=O) groups is 2. The number of hydrogen-bond donors (Lipinski definition) is 1. The average molecular weight is 398 g/mol. The second kappa shape index (κ2) is 9.43. The predicted octanol–water partition coefficient (Wildman–Crippen LogP) is 2.94. The molecule has 1 heterocycles. The van der Waals surface area contributed by atoms with Crippen LogP contribution < -0.4 is 15.0 Å². The minimum Gasteiger partial charge on any atom is -0.483 e. The van der Waals surface area contributed by atoms with E-state index in [0.29, 0.717) is 30.2 Å². The number of aryl methyl sites for hydroxylation is 2. The molecule has 7 nitrogen and oxygen atoms in total. The van der Waals surface area contributed by atoms with Crippen LogP contribution in [0.3, 0.4) is 0 Å². The first kappa shape index (κ1) is 20.7. The zero-order valence-electron chi connectivity index (χ0n) is 17.0. The van der Waals surface area contributed by atoms with Gasteiger partial charge in [0.1, 0.15) is 5.75 Å². The Morgan fingerprint density at radius 2 is 1.86 bits per heavy atom. The third kappa shape index (κ3) is 5.26. The maximum absolute atomic E-state index is 12.4. The zero-order chi connectivity index (χ0) is 20.8. The fourth-order valence-electron chi connectivity index (χ4n) is 3.13. The van der Waals surface area contributed by atoms with Gasteiger partial charge >= 0.3 is 5.97 Å². The molecule has 2 aromatic rings. The van der Waals surface area contributed by atoms with Gasteiger partial charge in [-0.2, -0.15) is 0 Å². The van der Waals surface area contributed by atoms with E-state index in [2.05, 4.69) is 10.2 Å². The van der Waals surface area contributed by atoms with Crippen molar-refractivity contribution >= 4 is 23.3 Å². The highest BCUT2D eigenvalue weighted by Gasteiger charge is 2.19. The molecule has 0 atom stereocenters. The van der Waals surface area contributed by atoms with Crippen LogP contribution in [0.4, 0.5) is 11.4 Å². The van der Waals surface area contributed by atoms with Gasteiger partial charge in [-0.05, 0) is 49.2 Å². The topological polar surface area (TPSA) is 77.1 Å². The van der Waals surface area contributed by atoms with Crippen molar-refractivity contribution in [2.75, 3.05) is 50.2 Å². The lowest BCUT2D eigenvalue weighted by Crippen LogP contribution is -2.36. The number of ether oxygens (including phenoxy) is 3. The second-order valence-electron chi connectivity index (χ2n) is 6.93. The quantitative estimate of drug-likeness (QED) is 0.754. The van der Waals surface area contributed by atoms with Gasteiger partial charge in [-0.3, -0.25) is 4.79 Å². The molecule has 3 rings (SSSR count). The number of nitrogens with zero attached hydrogens (tertiary/aromatic N) is 1. The largest absolute Gasteiger partial charge is 0.483 e. The minimum atomic E-state index is -0.508. The molecule has 0 radical (unpaired) electrons. The number of morpholine rings is 1. The van der Waals surface area contributed by atoms with Crippen LogP contribution in [0.1, 0.15) is 21.5 Å². The van der Waals surface area contributed by atoms with Crippen molar-refractivity contribution in [1.29, 1.82) is 0 Å². The fraction of sp³-hybridized carbons (Fsp3) is 0.364. The highest BCUT2D eigenvalue weighted by Crippen LogP contribution is 2.25. The van der Waals surface area contributed by atoms with Crippen molar-refractivity contribution in [2.45, 2.75) is 13.8 Å². The number of hydrogen-bond acceptors (Lipinski definition) is 6. The van der Waals surface area contributed by atoms with Gasteiger partial charge in [-0.25, -0.2) is 4.79 Å². The fourth-order valence-corrected chi connectivity index (χ4v) is 3.13. The number of methoxy groups -OCH3 is 1. The molecule has 1 amide bonds. The Kier molecular flexibility index (Phi) is 6.72. The number of anilines is 2. The molecule has 0 saturated carbocycles. The molecular weight excluding hydrogens is 372 g/mol. The van der Waals surface area contributed by atoms with E-state index >= 15 is 0 Å². The molecule has 0 bridgehead atoms. The Bertz CT molecular complexity index is 891. The van der Waals surface area contributed by atoms with Crippen LogP contribution in [0.15, 0.2) is 36.4 Å². The van der Waals surface area contributed by atoms with Crippen molar-refractivity contribution in [3.63, 3.8) is 0 Å². The summed E-state index contributed by atoms with van der Waals surface area (Å²) in [7, 11) is 1.32. The summed E-state index contributed by atoms with van der Waals surface area (Å²) in [5, 5.41) is 2.75. The van der Waals surface area contributed by atoms with Crippen molar-refractivity contribution in [3.8, 4) is 5.75 Å². The number of amides is 1. The van der Waals surface area contributed by atoms with Gasteiger partial charge in [0.2, 0.25) is 0 Å². The Labute approximate surface area is 170 Å². The molecule has 0 aromatic heterocycles. The monoisotopic (exact) mass is 398 g/mol. The van der Waals surface area contributed by atoms with Crippen molar-refractivity contribution in [1.82, 2.24) is 0 Å². The maximum atomic E-state index is 12.4. The van der Waals surface area contributed by atoms with E-state index in [9.17, 15) is 9.59 Å². The first-order chi connectivity index (χ1) is 14.0. The summed E-state index contributed by atoms with van der Waals surface area (Å²) < 4.78 is 15.9. The molecule has 1 N–H and O–H groups in total. The summed E-state index contributed by atoms with van der Waals surface area (Å²) in [6, 6.07) is 11.1. The normalized spacial score (nSPS) is 13.7. The third-order valence-electron chi connectivity index (χ3n) is 4.76. The summed E-state index contributed by atoms with van der Waals surface area (Å²) >= 11 is 0. The maximum Gasteiger partial charge on any atom is 0.340 e. The summed E-state index contributed by atoms with van der Waals surface area (Å²) in [6.07, 6.45) is 0. The van der Waals surface area contributed by atoms with E-state index in [1.165, 1.54) is 7.11 Å². The van der Waals surface area contributed by atoms with Crippen LogP contribution in [0.25, 0.3) is 0 Å². The number of rotatable bonds is 6. The van der Waals surface area contributed by atoms with Crippen LogP contribution in [0.2, 0.25) is 0 Å². The van der Waals surface area contributed by atoms with Crippen molar-refractivity contribution in [3.05, 3.63) is 53.1 Å². The molecule has 1 aliphatic rings. The molecule has 2 aromatic carbocycles. The first-order valence-electron chi connectivity index (χ1n) is 9.53. The summed E-state index contributed by atoms with van der Waals surface area (Å²) in [5.74, 6) is -0.197. The molecule has 0 spiro atoms. The van der Waals surface area contributed by atoms with E-state index in [1.807, 2.05) is 38.1 Å². The van der Waals surface area contributed by atoms with Gasteiger partial charge in [0.15, 0.2) is 6.61 Å². The molecule has 1 saturated heterocycles. The molecule has 29 heavy (non-hydrogen) atoms. The Morgan fingerprint density at radius 1 is 1.10 bits per heavy atom. The number of benzene rings is 2. The van der Waals surface area contributed by atoms with Crippen molar-refractivity contribution < 1.29 is 23.8 Å². The van der Waals surface area contributed by atoms with Gasteiger partial charge in [0.05, 0.1) is 31.6 Å². The number of esters is 1. The molecule has 1 fully saturated rings. The smallest absolute Gasteiger partial charge is 0.340 e. The molecule has 1 aliphatic heterocycles. The summed E-state index contributed by atoms with van der Waals surface area (Å²) in [4.78, 5) is 26.8. The van der Waals surface area contributed by atoms with E-state index in [4.69, 9.17) is 14.2 Å². The highest BCUT2D eigenvalue weighted by atomic mass is 16.5. The minimum absolute atomic E-state index is 0.157. The highest BCUT2D eigenvalue weighted by molar-refractivity contribution is 6.02. The summed E-state index contributed by atoms with van der Waals surface area (Å²) in [5.41, 5.74) is 3.59. The lowest BCUT2D eigenvalue weighted by atomic mass is 10.1.